The number of carbonyl (C=O) groups is 2. The van der Waals surface area contributed by atoms with Crippen LogP contribution in [0.3, 0.4) is 0 Å². The number of aromatic carboxylic acids is 1. The zero-order chi connectivity index (χ0) is 15.1. The Bertz CT molecular complexity index is 774. The van der Waals surface area contributed by atoms with Gasteiger partial charge in [0.2, 0.25) is 0 Å². The molecule has 1 aliphatic heterocycles. The first kappa shape index (κ1) is 13.6. The highest BCUT2D eigenvalue weighted by Crippen LogP contribution is 2.30. The summed E-state index contributed by atoms with van der Waals surface area (Å²) >= 11 is 6.11. The lowest BCUT2D eigenvalue weighted by atomic mass is 10.0. The van der Waals surface area contributed by atoms with E-state index in [-0.39, 0.29) is 16.5 Å². The molecule has 1 aromatic carbocycles. The van der Waals surface area contributed by atoms with E-state index in [2.05, 4.69) is 4.98 Å². The molecule has 1 aromatic heterocycles. The Morgan fingerprint density at radius 1 is 1.38 bits per heavy atom. The number of carboxylic acid groups (broad SMARTS) is 1. The van der Waals surface area contributed by atoms with Crippen molar-refractivity contribution in [2.75, 3.05) is 7.05 Å². The summed E-state index contributed by atoms with van der Waals surface area (Å²) in [4.78, 5) is 28.5. The second-order valence-electron chi connectivity index (χ2n) is 4.89. The summed E-state index contributed by atoms with van der Waals surface area (Å²) in [6.45, 7) is 0.548. The predicted molar refractivity (Wildman–Crippen MR) is 77.4 cm³/mol. The highest BCUT2D eigenvalue weighted by molar-refractivity contribution is 6.33. The van der Waals surface area contributed by atoms with Gasteiger partial charge in [0.05, 0.1) is 16.3 Å². The molecule has 5 nitrogen and oxygen atoms in total. The maximum Gasteiger partial charge on any atom is 0.337 e. The van der Waals surface area contributed by atoms with Crippen LogP contribution in [0.25, 0.3) is 11.3 Å². The van der Waals surface area contributed by atoms with Crippen LogP contribution in [0.15, 0.2) is 30.5 Å². The SMILES string of the molecule is CN1Cc2cc(-c3ncc(C(=O)O)cc3Cl)ccc2C1=O. The highest BCUT2D eigenvalue weighted by atomic mass is 35.5. The zero-order valence-electron chi connectivity index (χ0n) is 11.1. The molecule has 0 spiro atoms. The molecule has 0 saturated heterocycles. The number of hydrogen-bond donors (Lipinski definition) is 1. The van der Waals surface area contributed by atoms with Gasteiger partial charge in [-0.2, -0.15) is 0 Å². The first-order valence-electron chi connectivity index (χ1n) is 6.25. The molecule has 2 heterocycles. The minimum absolute atomic E-state index is 0.00293. The Labute approximate surface area is 125 Å². The molecule has 6 heteroatoms. The Hall–Kier alpha value is -2.40. The lowest BCUT2D eigenvalue weighted by molar-refractivity contribution is 0.0696. The number of rotatable bonds is 2. The predicted octanol–water partition coefficient (Wildman–Crippen LogP) is 2.69. The summed E-state index contributed by atoms with van der Waals surface area (Å²) < 4.78 is 0. The second-order valence-corrected chi connectivity index (χ2v) is 5.30. The van der Waals surface area contributed by atoms with E-state index in [0.717, 1.165) is 11.1 Å². The van der Waals surface area contributed by atoms with Gasteiger partial charge in [0.15, 0.2) is 0 Å². The largest absolute Gasteiger partial charge is 0.478 e. The van der Waals surface area contributed by atoms with Crippen LogP contribution in [0.2, 0.25) is 5.02 Å². The summed E-state index contributed by atoms with van der Waals surface area (Å²) in [6, 6.07) is 6.76. The van der Waals surface area contributed by atoms with E-state index < -0.39 is 5.97 Å². The van der Waals surface area contributed by atoms with Crippen LogP contribution in [0.4, 0.5) is 0 Å². The average molecular weight is 303 g/mol. The fourth-order valence-corrected chi connectivity index (χ4v) is 2.66. The second kappa shape index (κ2) is 4.86. The molecule has 1 aliphatic rings. The topological polar surface area (TPSA) is 70.5 Å². The monoisotopic (exact) mass is 302 g/mol. The van der Waals surface area contributed by atoms with Gasteiger partial charge < -0.3 is 10.0 Å². The van der Waals surface area contributed by atoms with Crippen LogP contribution in [0.1, 0.15) is 26.3 Å². The normalized spacial score (nSPS) is 13.4. The van der Waals surface area contributed by atoms with Crippen molar-refractivity contribution in [1.29, 1.82) is 0 Å². The Balaban J connectivity index is 2.05. The van der Waals surface area contributed by atoms with E-state index >= 15 is 0 Å². The fraction of sp³-hybridized carbons (Fsp3) is 0.133. The molecular formula is C15H11ClN2O3. The van der Waals surface area contributed by atoms with Crippen molar-refractivity contribution >= 4 is 23.5 Å². The third-order valence-electron chi connectivity index (χ3n) is 3.45. The maximum atomic E-state index is 11.8. The maximum absolute atomic E-state index is 11.8. The van der Waals surface area contributed by atoms with Gasteiger partial charge in [0.1, 0.15) is 0 Å². The van der Waals surface area contributed by atoms with E-state index in [4.69, 9.17) is 16.7 Å². The number of benzene rings is 1. The summed E-state index contributed by atoms with van der Waals surface area (Å²) in [5, 5.41) is 9.19. The number of halogens is 1. The van der Waals surface area contributed by atoms with Gasteiger partial charge >= 0.3 is 5.97 Å². The van der Waals surface area contributed by atoms with E-state index in [1.54, 1.807) is 24.1 Å². The zero-order valence-corrected chi connectivity index (χ0v) is 11.9. The average Bonchev–Trinajstić information content (AvgIpc) is 2.73. The first-order chi connectivity index (χ1) is 9.97. The van der Waals surface area contributed by atoms with Gasteiger partial charge in [0.25, 0.3) is 5.91 Å². The quantitative estimate of drug-likeness (QED) is 0.926. The van der Waals surface area contributed by atoms with Crippen LogP contribution in [-0.2, 0) is 6.54 Å². The van der Waals surface area contributed by atoms with Crippen molar-refractivity contribution in [2.24, 2.45) is 0 Å². The molecule has 1 amide bonds. The molecule has 0 atom stereocenters. The van der Waals surface area contributed by atoms with Crippen LogP contribution in [-0.4, -0.2) is 33.9 Å². The first-order valence-corrected chi connectivity index (χ1v) is 6.63. The van der Waals surface area contributed by atoms with Crippen molar-refractivity contribution in [2.45, 2.75) is 6.54 Å². The summed E-state index contributed by atoms with van der Waals surface area (Å²) in [6.07, 6.45) is 1.27. The van der Waals surface area contributed by atoms with Gasteiger partial charge in [-0.3, -0.25) is 9.78 Å². The molecule has 0 fully saturated rings. The highest BCUT2D eigenvalue weighted by Gasteiger charge is 2.24. The van der Waals surface area contributed by atoms with Crippen molar-refractivity contribution in [1.82, 2.24) is 9.88 Å². The molecule has 1 N–H and O–H groups in total. The van der Waals surface area contributed by atoms with Gasteiger partial charge in [-0.25, -0.2) is 4.79 Å². The smallest absolute Gasteiger partial charge is 0.337 e. The van der Waals surface area contributed by atoms with Crippen LogP contribution < -0.4 is 0 Å². The van der Waals surface area contributed by atoms with Gasteiger partial charge in [-0.05, 0) is 23.8 Å². The number of nitrogens with zero attached hydrogens (tertiary/aromatic N) is 2. The lowest BCUT2D eigenvalue weighted by Crippen LogP contribution is -2.17. The molecule has 0 unspecified atom stereocenters. The van der Waals surface area contributed by atoms with Crippen molar-refractivity contribution in [3.05, 3.63) is 52.2 Å². The van der Waals surface area contributed by atoms with Gasteiger partial charge in [-0.15, -0.1) is 0 Å². The number of pyridine rings is 1. The molecule has 0 saturated carbocycles. The molecule has 0 bridgehead atoms. The number of aromatic nitrogens is 1. The molecule has 0 aliphatic carbocycles. The van der Waals surface area contributed by atoms with Crippen molar-refractivity contribution in [3.63, 3.8) is 0 Å². The Morgan fingerprint density at radius 3 is 2.81 bits per heavy atom. The fourth-order valence-electron chi connectivity index (χ4n) is 2.38. The summed E-state index contributed by atoms with van der Waals surface area (Å²) in [7, 11) is 1.74. The van der Waals surface area contributed by atoms with Crippen LogP contribution >= 0.6 is 11.6 Å². The molecule has 3 rings (SSSR count). The van der Waals surface area contributed by atoms with Crippen LogP contribution in [0.5, 0.6) is 0 Å². The standard InChI is InChI=1S/C15H11ClN2O3/c1-18-7-10-4-8(2-3-11(10)14(18)19)13-12(16)5-9(6-17-13)15(20)21/h2-6H,7H2,1H3,(H,20,21). The molecule has 21 heavy (non-hydrogen) atoms. The number of amides is 1. The molecule has 2 aromatic rings. The molecule has 0 radical (unpaired) electrons. The van der Waals surface area contributed by atoms with Gasteiger partial charge in [0, 0.05) is 30.9 Å². The van der Waals surface area contributed by atoms with Crippen LogP contribution in [0, 0.1) is 0 Å². The number of carbonyl (C=O) groups excluding carboxylic acids is 1. The lowest BCUT2D eigenvalue weighted by Gasteiger charge is -2.06. The number of carboxylic acids is 1. The third kappa shape index (κ3) is 2.25. The van der Waals surface area contributed by atoms with Gasteiger partial charge in [-0.1, -0.05) is 17.7 Å². The molecule has 106 valence electrons. The Kier molecular flexibility index (Phi) is 3.14. The minimum atomic E-state index is -1.07. The number of hydrogen-bond acceptors (Lipinski definition) is 3. The molecular weight excluding hydrogens is 292 g/mol. The Morgan fingerprint density at radius 2 is 2.14 bits per heavy atom. The van der Waals surface area contributed by atoms with E-state index in [0.29, 0.717) is 17.8 Å². The third-order valence-corrected chi connectivity index (χ3v) is 3.74. The minimum Gasteiger partial charge on any atom is -0.478 e. The summed E-state index contributed by atoms with van der Waals surface area (Å²) in [5.74, 6) is -1.08. The van der Waals surface area contributed by atoms with E-state index in [1.165, 1.54) is 12.3 Å². The van der Waals surface area contributed by atoms with E-state index in [1.807, 2.05) is 6.07 Å². The van der Waals surface area contributed by atoms with Crippen molar-refractivity contribution in [3.8, 4) is 11.3 Å². The van der Waals surface area contributed by atoms with E-state index in [9.17, 15) is 9.59 Å². The summed E-state index contributed by atoms with van der Waals surface area (Å²) in [5.41, 5.74) is 2.91. The number of fused-ring (bicyclic) bond motifs is 1. The van der Waals surface area contributed by atoms with Crippen molar-refractivity contribution < 1.29 is 14.7 Å².